The van der Waals surface area contributed by atoms with Crippen LogP contribution in [0.1, 0.15) is 26.3 Å². The van der Waals surface area contributed by atoms with E-state index in [9.17, 15) is 0 Å². The van der Waals surface area contributed by atoms with Crippen LogP contribution in [0.3, 0.4) is 0 Å². The molecule has 0 fully saturated rings. The Kier molecular flexibility index (Phi) is 4.62. The first-order chi connectivity index (χ1) is 7.22. The maximum atomic E-state index is 2.18. The largest absolute Gasteiger partial charge is 0.0847 e. The van der Waals surface area contributed by atoms with Crippen molar-refractivity contribution in [3.63, 3.8) is 0 Å². The quantitative estimate of drug-likeness (QED) is 0.622. The predicted molar refractivity (Wildman–Crippen MR) is 68.7 cm³/mol. The van der Waals surface area contributed by atoms with Crippen LogP contribution in [0.4, 0.5) is 0 Å². The van der Waals surface area contributed by atoms with E-state index in [-0.39, 0.29) is 0 Å². The van der Waals surface area contributed by atoms with E-state index >= 15 is 0 Å². The Labute approximate surface area is 92.6 Å². The summed E-state index contributed by atoms with van der Waals surface area (Å²) in [5.74, 6) is 0. The lowest BCUT2D eigenvalue weighted by Crippen LogP contribution is -1.73. The molecule has 78 valence electrons. The van der Waals surface area contributed by atoms with Crippen molar-refractivity contribution in [3.05, 3.63) is 65.3 Å². The maximum absolute atomic E-state index is 2.18. The van der Waals surface area contributed by atoms with Crippen LogP contribution in [0.25, 0.3) is 6.08 Å². The molecule has 0 saturated heterocycles. The van der Waals surface area contributed by atoms with Gasteiger partial charge in [0.15, 0.2) is 0 Å². The summed E-state index contributed by atoms with van der Waals surface area (Å²) in [7, 11) is 0. The maximum Gasteiger partial charge on any atom is -0.0254 e. The molecule has 0 spiro atoms. The van der Waals surface area contributed by atoms with Gasteiger partial charge in [-0.2, -0.15) is 0 Å². The van der Waals surface area contributed by atoms with Gasteiger partial charge in [-0.1, -0.05) is 65.8 Å². The first-order valence-electron chi connectivity index (χ1n) is 5.26. The minimum atomic E-state index is 1.25. The van der Waals surface area contributed by atoms with Crippen molar-refractivity contribution in [2.75, 3.05) is 0 Å². The summed E-state index contributed by atoms with van der Waals surface area (Å²) in [6, 6.07) is 10.4. The van der Waals surface area contributed by atoms with E-state index in [0.29, 0.717) is 0 Å². The van der Waals surface area contributed by atoms with E-state index in [4.69, 9.17) is 0 Å². The van der Waals surface area contributed by atoms with Crippen molar-refractivity contribution in [1.82, 2.24) is 0 Å². The highest BCUT2D eigenvalue weighted by Gasteiger charge is 1.86. The molecule has 0 aliphatic heterocycles. The Morgan fingerprint density at radius 3 is 2.13 bits per heavy atom. The number of hydrogen-bond acceptors (Lipinski definition) is 0. The summed E-state index contributed by atoms with van der Waals surface area (Å²) >= 11 is 0. The van der Waals surface area contributed by atoms with Gasteiger partial charge in [-0.25, -0.2) is 0 Å². The topological polar surface area (TPSA) is 0 Å². The van der Waals surface area contributed by atoms with Crippen molar-refractivity contribution < 1.29 is 0 Å². The Morgan fingerprint density at radius 2 is 1.53 bits per heavy atom. The zero-order valence-corrected chi connectivity index (χ0v) is 9.70. The first-order valence-corrected chi connectivity index (χ1v) is 5.26. The Hall–Kier alpha value is -1.56. The molecule has 0 aliphatic carbocycles. The Bertz CT molecular complexity index is 378. The van der Waals surface area contributed by atoms with Crippen LogP contribution in [0.2, 0.25) is 0 Å². The molecule has 0 bridgehead atoms. The molecule has 1 aromatic rings. The van der Waals surface area contributed by atoms with Gasteiger partial charge < -0.3 is 0 Å². The van der Waals surface area contributed by atoms with E-state index in [1.165, 1.54) is 16.7 Å². The predicted octanol–water partition coefficient (Wildman–Crippen LogP) is 4.61. The highest BCUT2D eigenvalue weighted by atomic mass is 13.9. The molecule has 0 aliphatic rings. The third kappa shape index (κ3) is 4.46. The molecule has 0 atom stereocenters. The highest BCUT2D eigenvalue weighted by Crippen LogP contribution is 2.08. The number of rotatable bonds is 3. The molecule has 1 rings (SSSR count). The lowest BCUT2D eigenvalue weighted by Gasteiger charge is -1.95. The molecule has 1 aromatic carbocycles. The summed E-state index contributed by atoms with van der Waals surface area (Å²) in [5.41, 5.74) is 3.80. The fourth-order valence-electron chi connectivity index (χ4n) is 1.22. The Morgan fingerprint density at radius 1 is 0.933 bits per heavy atom. The first kappa shape index (κ1) is 11.5. The molecule has 0 unspecified atom stereocenters. The van der Waals surface area contributed by atoms with Gasteiger partial charge in [0.25, 0.3) is 0 Å². The van der Waals surface area contributed by atoms with Gasteiger partial charge in [0, 0.05) is 0 Å². The second-order valence-corrected chi connectivity index (χ2v) is 3.67. The van der Waals surface area contributed by atoms with Crippen molar-refractivity contribution in [2.24, 2.45) is 0 Å². The van der Waals surface area contributed by atoms with Crippen molar-refractivity contribution in [3.8, 4) is 0 Å². The SMILES string of the molecule is C\C=C(C)/C=C\C(C)=C\c1ccccc1. The highest BCUT2D eigenvalue weighted by molar-refractivity contribution is 5.55. The van der Waals surface area contributed by atoms with Gasteiger partial charge >= 0.3 is 0 Å². The molecule has 0 heterocycles. The van der Waals surface area contributed by atoms with Gasteiger partial charge in [0.2, 0.25) is 0 Å². The van der Waals surface area contributed by atoms with Gasteiger partial charge in [0.05, 0.1) is 0 Å². The van der Waals surface area contributed by atoms with E-state index in [1.54, 1.807) is 0 Å². The minimum Gasteiger partial charge on any atom is -0.0847 e. The molecule has 0 heteroatoms. The molecular formula is C15H18. The van der Waals surface area contributed by atoms with Gasteiger partial charge in [-0.15, -0.1) is 0 Å². The minimum absolute atomic E-state index is 1.25. The molecule has 15 heavy (non-hydrogen) atoms. The lowest BCUT2D eigenvalue weighted by molar-refractivity contribution is 1.45. The van der Waals surface area contributed by atoms with Crippen LogP contribution in [0, 0.1) is 0 Å². The molecule has 0 aromatic heterocycles. The molecule has 0 N–H and O–H groups in total. The standard InChI is InChI=1S/C15H18/c1-4-13(2)10-11-14(3)12-15-8-6-5-7-9-15/h4-12H,1-3H3/b11-10-,13-4-,14-12+. The zero-order chi connectivity index (χ0) is 11.1. The fourth-order valence-corrected chi connectivity index (χ4v) is 1.22. The third-order valence-corrected chi connectivity index (χ3v) is 2.26. The van der Waals surface area contributed by atoms with Crippen molar-refractivity contribution >= 4 is 6.08 Å². The summed E-state index contributed by atoms with van der Waals surface area (Å²) in [4.78, 5) is 0. The average Bonchev–Trinajstić information content (AvgIpc) is 2.27. The third-order valence-electron chi connectivity index (χ3n) is 2.26. The zero-order valence-electron chi connectivity index (χ0n) is 9.70. The molecule has 0 radical (unpaired) electrons. The molecule has 0 nitrogen and oxygen atoms in total. The van der Waals surface area contributed by atoms with Crippen LogP contribution in [-0.4, -0.2) is 0 Å². The van der Waals surface area contributed by atoms with Crippen molar-refractivity contribution in [1.29, 1.82) is 0 Å². The van der Waals surface area contributed by atoms with Crippen LogP contribution in [0.15, 0.2) is 59.7 Å². The van der Waals surface area contributed by atoms with Crippen molar-refractivity contribution in [2.45, 2.75) is 20.8 Å². The monoisotopic (exact) mass is 198 g/mol. The Balaban J connectivity index is 2.73. The number of benzene rings is 1. The lowest BCUT2D eigenvalue weighted by atomic mass is 10.1. The summed E-state index contributed by atoms with van der Waals surface area (Å²) < 4.78 is 0. The van der Waals surface area contributed by atoms with Gasteiger partial charge in [-0.05, 0) is 26.3 Å². The van der Waals surface area contributed by atoms with E-state index in [2.05, 4.69) is 69.3 Å². The van der Waals surface area contributed by atoms with E-state index in [1.807, 2.05) is 6.07 Å². The van der Waals surface area contributed by atoms with Crippen LogP contribution in [-0.2, 0) is 0 Å². The summed E-state index contributed by atoms with van der Waals surface area (Å²) in [6.45, 7) is 6.27. The summed E-state index contributed by atoms with van der Waals surface area (Å²) in [6.07, 6.45) is 8.56. The fraction of sp³-hybridized carbons (Fsp3) is 0.200. The second kappa shape index (κ2) is 6.02. The number of hydrogen-bond donors (Lipinski definition) is 0. The molecule has 0 amide bonds. The van der Waals surface area contributed by atoms with E-state index < -0.39 is 0 Å². The second-order valence-electron chi connectivity index (χ2n) is 3.67. The van der Waals surface area contributed by atoms with Crippen LogP contribution < -0.4 is 0 Å². The summed E-state index contributed by atoms with van der Waals surface area (Å²) in [5, 5.41) is 0. The number of allylic oxidation sites excluding steroid dienone is 5. The van der Waals surface area contributed by atoms with Crippen LogP contribution in [0.5, 0.6) is 0 Å². The molecule has 0 saturated carbocycles. The van der Waals surface area contributed by atoms with Gasteiger partial charge in [-0.3, -0.25) is 0 Å². The van der Waals surface area contributed by atoms with E-state index in [0.717, 1.165) is 0 Å². The normalized spacial score (nSPS) is 13.5. The smallest absolute Gasteiger partial charge is 0.0254 e. The molecular weight excluding hydrogens is 180 g/mol. The average molecular weight is 198 g/mol. The van der Waals surface area contributed by atoms with Crippen LogP contribution >= 0.6 is 0 Å². The van der Waals surface area contributed by atoms with Gasteiger partial charge in [0.1, 0.15) is 0 Å².